The average Bonchev–Trinajstić information content (AvgIpc) is 2.18. The molecule has 0 bridgehead atoms. The topological polar surface area (TPSA) is 89.3 Å². The van der Waals surface area contributed by atoms with Crippen molar-refractivity contribution in [3.05, 3.63) is 29.6 Å². The summed E-state index contributed by atoms with van der Waals surface area (Å²) in [5, 5.41) is 0. The summed E-state index contributed by atoms with van der Waals surface area (Å²) in [4.78, 5) is 11.2. The van der Waals surface area contributed by atoms with Crippen molar-refractivity contribution in [2.45, 2.75) is 19.3 Å². The molecule has 0 spiro atoms. The predicted octanol–water partition coefficient (Wildman–Crippen LogP) is 0.960. The minimum Gasteiger partial charge on any atom is -0.369 e. The molecule has 0 unspecified atom stereocenters. The van der Waals surface area contributed by atoms with Gasteiger partial charge in [-0.15, -0.1) is 0 Å². The van der Waals surface area contributed by atoms with Crippen LogP contribution in [0.5, 0.6) is 0 Å². The van der Waals surface area contributed by atoms with Crippen molar-refractivity contribution in [3.63, 3.8) is 0 Å². The van der Waals surface area contributed by atoms with Crippen molar-refractivity contribution in [3.8, 4) is 0 Å². The van der Waals surface area contributed by atoms with E-state index in [0.29, 0.717) is 5.56 Å². The zero-order chi connectivity index (χ0) is 14.1. The second kappa shape index (κ2) is 4.56. The molecule has 0 saturated carbocycles. The number of nitrogens with one attached hydrogen (secondary N) is 1. The molecule has 1 rings (SSSR count). The molecule has 0 aliphatic carbocycles. The number of carbonyl (C=O) groups excluding carboxylic acids is 1. The first kappa shape index (κ1) is 14.4. The first-order valence-electron chi connectivity index (χ1n) is 5.12. The van der Waals surface area contributed by atoms with E-state index >= 15 is 0 Å². The molecule has 0 fully saturated rings. The van der Waals surface area contributed by atoms with Gasteiger partial charge in [0.15, 0.2) is 0 Å². The summed E-state index contributed by atoms with van der Waals surface area (Å²) in [6.45, 7) is 3.13. The lowest BCUT2D eigenvalue weighted by molar-refractivity contribution is -0.122. The molecule has 0 radical (unpaired) electrons. The predicted molar refractivity (Wildman–Crippen MR) is 67.1 cm³/mol. The average molecular weight is 274 g/mol. The van der Waals surface area contributed by atoms with Crippen molar-refractivity contribution in [1.82, 2.24) is 0 Å². The monoisotopic (exact) mass is 274 g/mol. The van der Waals surface area contributed by atoms with E-state index in [1.54, 1.807) is 13.8 Å². The molecular weight excluding hydrogens is 259 g/mol. The van der Waals surface area contributed by atoms with E-state index in [-0.39, 0.29) is 5.69 Å². The number of halogens is 1. The maximum absolute atomic E-state index is 13.7. The van der Waals surface area contributed by atoms with E-state index in [0.717, 1.165) is 12.3 Å². The van der Waals surface area contributed by atoms with Gasteiger partial charge >= 0.3 is 0 Å². The fraction of sp³-hybridized carbons (Fsp3) is 0.364. The van der Waals surface area contributed by atoms with Gasteiger partial charge in [-0.2, -0.15) is 0 Å². The fourth-order valence-corrected chi connectivity index (χ4v) is 1.89. The van der Waals surface area contributed by atoms with Crippen LogP contribution in [0.2, 0.25) is 0 Å². The van der Waals surface area contributed by atoms with E-state index in [1.165, 1.54) is 12.1 Å². The second-order valence-electron chi connectivity index (χ2n) is 4.56. The zero-order valence-corrected chi connectivity index (χ0v) is 11.1. The van der Waals surface area contributed by atoms with Crippen LogP contribution in [-0.2, 0) is 20.2 Å². The lowest BCUT2D eigenvalue weighted by Gasteiger charge is -2.21. The summed E-state index contributed by atoms with van der Waals surface area (Å²) in [6.07, 6.45) is 0.924. The molecule has 0 saturated heterocycles. The highest BCUT2D eigenvalue weighted by Gasteiger charge is 2.28. The number of carbonyl (C=O) groups is 1. The van der Waals surface area contributed by atoms with Crippen molar-refractivity contribution >= 4 is 21.6 Å². The van der Waals surface area contributed by atoms with Crippen LogP contribution in [-0.4, -0.2) is 20.6 Å². The van der Waals surface area contributed by atoms with Gasteiger partial charge in [0.2, 0.25) is 15.9 Å². The van der Waals surface area contributed by atoms with E-state index in [2.05, 4.69) is 0 Å². The SMILES string of the molecule is CC(C)(C(N)=O)c1ccc(NS(C)(=O)=O)c(F)c1. The molecular formula is C11H15FN2O3S. The molecule has 1 aromatic carbocycles. The van der Waals surface area contributed by atoms with Crippen LogP contribution < -0.4 is 10.5 Å². The number of anilines is 1. The summed E-state index contributed by atoms with van der Waals surface area (Å²) >= 11 is 0. The molecule has 5 nitrogen and oxygen atoms in total. The molecule has 3 N–H and O–H groups in total. The van der Waals surface area contributed by atoms with Crippen LogP contribution in [0.25, 0.3) is 0 Å². The van der Waals surface area contributed by atoms with Crippen LogP contribution in [0, 0.1) is 5.82 Å². The Kier molecular flexibility index (Phi) is 3.66. The highest BCUT2D eigenvalue weighted by atomic mass is 32.2. The molecule has 7 heteroatoms. The van der Waals surface area contributed by atoms with Crippen LogP contribution in [0.15, 0.2) is 18.2 Å². The van der Waals surface area contributed by atoms with Crippen LogP contribution >= 0.6 is 0 Å². The molecule has 1 aromatic rings. The van der Waals surface area contributed by atoms with E-state index in [1.807, 2.05) is 4.72 Å². The van der Waals surface area contributed by atoms with Crippen LogP contribution in [0.1, 0.15) is 19.4 Å². The number of amides is 1. The molecule has 0 atom stereocenters. The van der Waals surface area contributed by atoms with Crippen molar-refractivity contribution in [2.75, 3.05) is 11.0 Å². The second-order valence-corrected chi connectivity index (χ2v) is 6.31. The van der Waals surface area contributed by atoms with Crippen LogP contribution in [0.3, 0.4) is 0 Å². The maximum atomic E-state index is 13.7. The highest BCUT2D eigenvalue weighted by molar-refractivity contribution is 7.92. The Hall–Kier alpha value is -1.63. The summed E-state index contributed by atoms with van der Waals surface area (Å²) in [6, 6.07) is 3.82. The van der Waals surface area contributed by atoms with Crippen LogP contribution in [0.4, 0.5) is 10.1 Å². The number of hydrogen-bond donors (Lipinski definition) is 2. The minimum atomic E-state index is -3.55. The number of benzene rings is 1. The third kappa shape index (κ3) is 3.19. The Morgan fingerprint density at radius 1 is 1.39 bits per heavy atom. The standard InChI is InChI=1S/C11H15FN2O3S/c1-11(2,10(13)15)7-4-5-9(8(12)6-7)14-18(3,16)17/h4-6,14H,1-3H3,(H2,13,15). The zero-order valence-electron chi connectivity index (χ0n) is 10.3. The van der Waals surface area contributed by atoms with Crippen molar-refractivity contribution < 1.29 is 17.6 Å². The molecule has 0 heterocycles. The molecule has 0 aliphatic rings. The Morgan fingerprint density at radius 3 is 2.33 bits per heavy atom. The number of sulfonamides is 1. The van der Waals surface area contributed by atoms with Gasteiger partial charge in [-0.3, -0.25) is 9.52 Å². The van der Waals surface area contributed by atoms with Gasteiger partial charge < -0.3 is 5.73 Å². The smallest absolute Gasteiger partial charge is 0.229 e. The van der Waals surface area contributed by atoms with Gasteiger partial charge in [-0.1, -0.05) is 6.07 Å². The molecule has 0 aromatic heterocycles. The Morgan fingerprint density at radius 2 is 1.94 bits per heavy atom. The number of rotatable bonds is 4. The van der Waals surface area contributed by atoms with E-state index < -0.39 is 27.2 Å². The van der Waals surface area contributed by atoms with E-state index in [9.17, 15) is 17.6 Å². The van der Waals surface area contributed by atoms with Gasteiger partial charge in [-0.05, 0) is 31.5 Å². The molecule has 18 heavy (non-hydrogen) atoms. The number of hydrogen-bond acceptors (Lipinski definition) is 3. The summed E-state index contributed by atoms with van der Waals surface area (Å²) in [7, 11) is -3.55. The summed E-state index contributed by atoms with van der Waals surface area (Å²) < 4.78 is 37.7. The normalized spacial score (nSPS) is 12.2. The van der Waals surface area contributed by atoms with Gasteiger partial charge in [0.05, 0.1) is 17.4 Å². The van der Waals surface area contributed by atoms with Gasteiger partial charge in [0, 0.05) is 0 Å². The third-order valence-corrected chi connectivity index (χ3v) is 3.19. The quantitative estimate of drug-likeness (QED) is 0.857. The summed E-state index contributed by atoms with van der Waals surface area (Å²) in [5.74, 6) is -1.35. The molecule has 0 aliphatic heterocycles. The fourth-order valence-electron chi connectivity index (χ4n) is 1.33. The van der Waals surface area contributed by atoms with Gasteiger partial charge in [-0.25, -0.2) is 12.8 Å². The highest BCUT2D eigenvalue weighted by Crippen LogP contribution is 2.26. The van der Waals surface area contributed by atoms with Gasteiger partial charge in [0.1, 0.15) is 5.82 Å². The van der Waals surface area contributed by atoms with Gasteiger partial charge in [0.25, 0.3) is 0 Å². The molecule has 100 valence electrons. The lowest BCUT2D eigenvalue weighted by Crippen LogP contribution is -2.35. The Labute approximate surface area is 105 Å². The van der Waals surface area contributed by atoms with Crippen molar-refractivity contribution in [2.24, 2.45) is 5.73 Å². The summed E-state index contributed by atoms with van der Waals surface area (Å²) in [5.41, 5.74) is 4.41. The largest absolute Gasteiger partial charge is 0.369 e. The third-order valence-electron chi connectivity index (χ3n) is 2.60. The Balaban J connectivity index is 3.18. The van der Waals surface area contributed by atoms with Crippen molar-refractivity contribution in [1.29, 1.82) is 0 Å². The molecule has 1 amide bonds. The Bertz CT molecular complexity index is 582. The number of primary amides is 1. The minimum absolute atomic E-state index is 0.165. The van der Waals surface area contributed by atoms with E-state index in [4.69, 9.17) is 5.73 Å². The maximum Gasteiger partial charge on any atom is 0.229 e. The number of nitrogens with two attached hydrogens (primary N) is 1. The first-order chi connectivity index (χ1) is 8.04. The lowest BCUT2D eigenvalue weighted by atomic mass is 9.84. The first-order valence-corrected chi connectivity index (χ1v) is 7.01.